The smallest absolute Gasteiger partial charge is 0.0571 e. The number of thioether (sulfide) groups is 1. The summed E-state index contributed by atoms with van der Waals surface area (Å²) in [5.41, 5.74) is 1.24. The maximum atomic E-state index is 4.30. The van der Waals surface area contributed by atoms with Crippen LogP contribution in [0.3, 0.4) is 0 Å². The van der Waals surface area contributed by atoms with E-state index in [1.165, 1.54) is 5.57 Å². The molecule has 0 saturated heterocycles. The van der Waals surface area contributed by atoms with Crippen LogP contribution in [0.5, 0.6) is 0 Å². The van der Waals surface area contributed by atoms with Gasteiger partial charge in [0, 0.05) is 5.75 Å². The van der Waals surface area contributed by atoms with Crippen molar-refractivity contribution < 1.29 is 0 Å². The van der Waals surface area contributed by atoms with Gasteiger partial charge in [-0.25, -0.2) is 10.0 Å². The topological polar surface area (TPSA) is 0 Å². The minimum atomic E-state index is -0.967. The third-order valence-electron chi connectivity index (χ3n) is 2.91. The highest BCUT2D eigenvalue weighted by Gasteiger charge is 2.32. The van der Waals surface area contributed by atoms with E-state index < -0.39 is 10.0 Å². The normalized spacial score (nSPS) is 13.0. The van der Waals surface area contributed by atoms with E-state index in [0.29, 0.717) is 4.58 Å². The fourth-order valence-electron chi connectivity index (χ4n) is 2.22. The van der Waals surface area contributed by atoms with Gasteiger partial charge in [-0.2, -0.15) is 0 Å². The maximum absolute atomic E-state index is 4.30. The molecule has 0 aromatic rings. The fourth-order valence-corrected chi connectivity index (χ4v) is 8.11. The van der Waals surface area contributed by atoms with Gasteiger partial charge in [0.1, 0.15) is 0 Å². The Morgan fingerprint density at radius 2 is 1.35 bits per heavy atom. The quantitative estimate of drug-likeness (QED) is 0.392. The van der Waals surface area contributed by atoms with E-state index in [4.69, 9.17) is 0 Å². The van der Waals surface area contributed by atoms with E-state index >= 15 is 0 Å². The van der Waals surface area contributed by atoms with Crippen molar-refractivity contribution in [2.45, 2.75) is 11.0 Å². The highest BCUT2D eigenvalue weighted by atomic mass is 32.3. The number of hydrogen-bond acceptors (Lipinski definition) is 1. The van der Waals surface area contributed by atoms with E-state index in [1.807, 2.05) is 42.1 Å². The van der Waals surface area contributed by atoms with Crippen LogP contribution in [0.1, 0.15) is 6.42 Å². The van der Waals surface area contributed by atoms with Gasteiger partial charge in [-0.3, -0.25) is 0 Å². The summed E-state index contributed by atoms with van der Waals surface area (Å²) < 4.78 is 0.410. The van der Waals surface area contributed by atoms with Crippen molar-refractivity contribution >= 4 is 21.8 Å². The molecule has 0 aromatic carbocycles. The molecule has 1 unspecified atom stereocenters. The Hall–Kier alpha value is -0.860. The molecule has 0 rings (SSSR count). The monoisotopic (exact) mass is 308 g/mol. The molecule has 0 aliphatic heterocycles. The van der Waals surface area contributed by atoms with Gasteiger partial charge in [0.25, 0.3) is 0 Å². The summed E-state index contributed by atoms with van der Waals surface area (Å²) in [7, 11) is -0.967. The second-order valence-corrected chi connectivity index (χ2v) is 9.72. The molecule has 0 bridgehead atoms. The summed E-state index contributed by atoms with van der Waals surface area (Å²) in [5, 5.41) is 0. The van der Waals surface area contributed by atoms with Gasteiger partial charge in [-0.05, 0) is 23.7 Å². The van der Waals surface area contributed by atoms with E-state index in [1.54, 1.807) is 0 Å². The van der Waals surface area contributed by atoms with Crippen LogP contribution in [0.4, 0.5) is 0 Å². The lowest BCUT2D eigenvalue weighted by Crippen LogP contribution is -2.24. The minimum Gasteiger partial charge on any atom is -0.215 e. The second-order valence-electron chi connectivity index (χ2n) is 4.58. The van der Waals surface area contributed by atoms with Crippen molar-refractivity contribution in [3.63, 3.8) is 0 Å². The lowest BCUT2D eigenvalue weighted by atomic mass is 10.2. The summed E-state index contributed by atoms with van der Waals surface area (Å²) in [5.74, 6) is 3.96. The average molecular weight is 309 g/mol. The van der Waals surface area contributed by atoms with Crippen molar-refractivity contribution in [1.82, 2.24) is 0 Å². The minimum absolute atomic E-state index is 0.410. The molecule has 0 N–H and O–H groups in total. The average Bonchev–Trinajstić information content (AvgIpc) is 2.40. The standard InChI is InChI=1S/C18H28S2/c1-7-12-17(6)18(19-13-8-2)20(14-9-3,15-10-4)16-11-5/h7-11,18H,1-6,12-16H2. The van der Waals surface area contributed by atoms with Crippen LogP contribution < -0.4 is 0 Å². The van der Waals surface area contributed by atoms with Gasteiger partial charge in [0.15, 0.2) is 0 Å². The van der Waals surface area contributed by atoms with Crippen LogP contribution in [0.2, 0.25) is 0 Å². The van der Waals surface area contributed by atoms with Gasteiger partial charge in [-0.1, -0.05) is 42.5 Å². The molecule has 0 radical (unpaired) electrons. The Morgan fingerprint density at radius 1 is 0.850 bits per heavy atom. The van der Waals surface area contributed by atoms with Crippen molar-refractivity contribution in [3.05, 3.63) is 75.4 Å². The first-order chi connectivity index (χ1) is 9.61. The Labute approximate surface area is 131 Å². The van der Waals surface area contributed by atoms with Crippen molar-refractivity contribution in [2.24, 2.45) is 0 Å². The first kappa shape index (κ1) is 19.1. The zero-order valence-corrected chi connectivity index (χ0v) is 14.2. The van der Waals surface area contributed by atoms with Crippen molar-refractivity contribution in [2.75, 3.05) is 23.0 Å². The molecule has 2 heteroatoms. The lowest BCUT2D eigenvalue weighted by Gasteiger charge is -2.45. The van der Waals surface area contributed by atoms with Gasteiger partial charge in [-0.15, -0.1) is 44.7 Å². The van der Waals surface area contributed by atoms with Crippen LogP contribution in [0.15, 0.2) is 75.4 Å². The Bertz CT molecular complexity index is 339. The third-order valence-corrected chi connectivity index (χ3v) is 9.55. The molecule has 0 aromatic heterocycles. The largest absolute Gasteiger partial charge is 0.215 e. The molecule has 1 atom stereocenters. The van der Waals surface area contributed by atoms with E-state index in [-0.39, 0.29) is 0 Å². The van der Waals surface area contributed by atoms with Crippen molar-refractivity contribution in [1.29, 1.82) is 0 Å². The van der Waals surface area contributed by atoms with E-state index in [9.17, 15) is 0 Å². The molecule has 0 fully saturated rings. The third kappa shape index (κ3) is 5.64. The predicted octanol–water partition coefficient (Wildman–Crippen LogP) is 5.73. The first-order valence-corrected chi connectivity index (χ1v) is 9.96. The summed E-state index contributed by atoms with van der Waals surface area (Å²) in [6.45, 7) is 23.8. The Kier molecular flexibility index (Phi) is 10.4. The van der Waals surface area contributed by atoms with Crippen LogP contribution in [0, 0.1) is 0 Å². The van der Waals surface area contributed by atoms with Gasteiger partial charge in [0.05, 0.1) is 4.58 Å². The molecule has 0 heterocycles. The molecule has 20 heavy (non-hydrogen) atoms. The highest BCUT2D eigenvalue weighted by Crippen LogP contribution is 2.59. The predicted molar refractivity (Wildman–Crippen MR) is 103 cm³/mol. The molecule has 0 amide bonds. The van der Waals surface area contributed by atoms with Crippen LogP contribution in [-0.2, 0) is 0 Å². The van der Waals surface area contributed by atoms with Crippen LogP contribution >= 0.6 is 21.8 Å². The Balaban J connectivity index is 5.52. The fraction of sp³-hybridized carbons (Fsp3) is 0.333. The van der Waals surface area contributed by atoms with Crippen LogP contribution in [-0.4, -0.2) is 27.6 Å². The van der Waals surface area contributed by atoms with Gasteiger partial charge in [0.2, 0.25) is 0 Å². The SMILES string of the molecule is C=CCSC(C(=C)CC=C)S(CC=C)(CC=C)CC=C. The molecule has 112 valence electrons. The Morgan fingerprint density at radius 3 is 1.70 bits per heavy atom. The highest BCUT2D eigenvalue weighted by molar-refractivity contribution is 8.40. The van der Waals surface area contributed by atoms with E-state index in [2.05, 4.69) is 39.5 Å². The van der Waals surface area contributed by atoms with E-state index in [0.717, 1.165) is 29.4 Å². The summed E-state index contributed by atoms with van der Waals surface area (Å²) >= 11 is 1.92. The number of allylic oxidation sites excluding steroid dienone is 1. The number of rotatable bonds is 13. The first-order valence-electron chi connectivity index (χ1n) is 6.70. The molecule has 0 nitrogen and oxygen atoms in total. The molecular weight excluding hydrogens is 280 g/mol. The zero-order chi connectivity index (χ0) is 15.4. The molecular formula is C18H28S2. The van der Waals surface area contributed by atoms with Crippen LogP contribution in [0.25, 0.3) is 0 Å². The molecule has 0 aliphatic rings. The lowest BCUT2D eigenvalue weighted by molar-refractivity contribution is 1.19. The van der Waals surface area contributed by atoms with Gasteiger partial charge < -0.3 is 0 Å². The summed E-state index contributed by atoms with van der Waals surface area (Å²) in [6.07, 6.45) is 10.8. The molecule has 0 spiro atoms. The second kappa shape index (κ2) is 10.9. The molecule has 0 saturated carbocycles. The molecule has 0 aliphatic carbocycles. The number of hydrogen-bond donors (Lipinski definition) is 0. The summed E-state index contributed by atoms with van der Waals surface area (Å²) in [4.78, 5) is 0. The van der Waals surface area contributed by atoms with Crippen molar-refractivity contribution in [3.8, 4) is 0 Å². The zero-order valence-electron chi connectivity index (χ0n) is 12.6. The van der Waals surface area contributed by atoms with Gasteiger partial charge >= 0.3 is 0 Å². The summed E-state index contributed by atoms with van der Waals surface area (Å²) in [6, 6.07) is 0. The maximum Gasteiger partial charge on any atom is 0.0571 e.